The SMILES string of the molecule is CC(OC(=O)C1=C(C(C)Sc2nn[nH]n2)CS[C@H]2C(NC(=O)CSC(F)(F)F)C(=O)N12)OC(=O)[C@H](C)N. The highest BCUT2D eigenvalue weighted by molar-refractivity contribution is 8.01. The maximum absolute atomic E-state index is 13.2. The third kappa shape index (κ3) is 7.29. The molecule has 2 amide bonds. The Morgan fingerprint density at radius 1 is 1.30 bits per heavy atom. The summed E-state index contributed by atoms with van der Waals surface area (Å²) in [6.45, 7) is 4.42. The van der Waals surface area contributed by atoms with Crippen LogP contribution >= 0.6 is 35.3 Å². The number of fused-ring (bicyclic) bond motifs is 1. The number of H-pyrrole nitrogens is 1. The number of hydrogen-bond acceptors (Lipinski definition) is 13. The van der Waals surface area contributed by atoms with Gasteiger partial charge < -0.3 is 20.5 Å². The van der Waals surface area contributed by atoms with Crippen LogP contribution in [0.4, 0.5) is 13.2 Å². The Kier molecular flexibility index (Phi) is 9.35. The zero-order valence-electron chi connectivity index (χ0n) is 19.5. The number of esters is 2. The number of rotatable bonds is 10. The van der Waals surface area contributed by atoms with Gasteiger partial charge in [0.15, 0.2) is 0 Å². The van der Waals surface area contributed by atoms with Crippen LogP contribution in [-0.2, 0) is 28.7 Å². The molecule has 1 saturated heterocycles. The molecular weight excluding hydrogens is 563 g/mol. The Morgan fingerprint density at radius 2 is 2.00 bits per heavy atom. The molecule has 19 heteroatoms. The Hall–Kier alpha value is -2.51. The second-order valence-electron chi connectivity index (χ2n) is 7.72. The van der Waals surface area contributed by atoms with E-state index >= 15 is 0 Å². The average molecular weight is 586 g/mol. The number of amides is 2. The van der Waals surface area contributed by atoms with E-state index in [4.69, 9.17) is 15.2 Å². The topological polar surface area (TPSA) is 182 Å². The van der Waals surface area contributed by atoms with E-state index < -0.39 is 75.8 Å². The van der Waals surface area contributed by atoms with Gasteiger partial charge in [0.25, 0.3) is 5.91 Å². The molecule has 37 heavy (non-hydrogen) atoms. The summed E-state index contributed by atoms with van der Waals surface area (Å²) in [5, 5.41) is 14.8. The molecule has 3 unspecified atom stereocenters. The van der Waals surface area contributed by atoms with Crippen molar-refractivity contribution < 1.29 is 41.8 Å². The minimum absolute atomic E-state index is 0.129. The summed E-state index contributed by atoms with van der Waals surface area (Å²) in [5.41, 5.74) is 1.19. The van der Waals surface area contributed by atoms with E-state index in [9.17, 15) is 32.3 Å². The van der Waals surface area contributed by atoms with Crippen LogP contribution in [0.2, 0.25) is 0 Å². The number of nitrogens with zero attached hydrogens (tertiary/aromatic N) is 4. The molecule has 0 bridgehead atoms. The van der Waals surface area contributed by atoms with Crippen LogP contribution in [0.5, 0.6) is 0 Å². The largest absolute Gasteiger partial charge is 0.442 e. The number of ether oxygens (including phenoxy) is 2. The molecule has 1 aromatic heterocycles. The van der Waals surface area contributed by atoms with E-state index in [0.717, 1.165) is 16.7 Å². The van der Waals surface area contributed by atoms with E-state index in [1.54, 1.807) is 6.92 Å². The van der Waals surface area contributed by atoms with Gasteiger partial charge in [0.2, 0.25) is 17.4 Å². The standard InChI is InChI=1S/C18H22F3N7O6S3/c1-6(22)15(31)33-8(3)34-16(32)12-9(7(2)37-17-24-26-27-25-17)4-35-14-11(13(30)28(12)14)23-10(29)5-36-18(19,20)21/h6-8,11,14H,4-5,22H2,1-3H3,(H,23,29)(H,24,25,26,27)/t6-,7?,8?,11?,14-/m0/s1. The number of carbonyl (C=O) groups excluding carboxylic acids is 4. The fourth-order valence-corrected chi connectivity index (χ4v) is 6.03. The molecule has 13 nitrogen and oxygen atoms in total. The van der Waals surface area contributed by atoms with Gasteiger partial charge in [0.05, 0.1) is 5.75 Å². The van der Waals surface area contributed by atoms with Crippen molar-refractivity contribution in [3.05, 3.63) is 11.3 Å². The minimum Gasteiger partial charge on any atom is -0.424 e. The van der Waals surface area contributed by atoms with Gasteiger partial charge in [-0.3, -0.25) is 19.3 Å². The zero-order valence-corrected chi connectivity index (χ0v) is 21.9. The summed E-state index contributed by atoms with van der Waals surface area (Å²) >= 11 is 1.83. The molecule has 0 spiro atoms. The number of tetrazole rings is 1. The van der Waals surface area contributed by atoms with Crippen molar-refractivity contribution in [2.75, 3.05) is 11.5 Å². The maximum atomic E-state index is 13.2. The summed E-state index contributed by atoms with van der Waals surface area (Å²) in [5.74, 6) is -4.17. The average Bonchev–Trinajstić information content (AvgIpc) is 3.32. The van der Waals surface area contributed by atoms with Gasteiger partial charge >= 0.3 is 17.4 Å². The van der Waals surface area contributed by atoms with Crippen LogP contribution in [0.1, 0.15) is 20.8 Å². The third-order valence-electron chi connectivity index (χ3n) is 4.90. The summed E-state index contributed by atoms with van der Waals surface area (Å²) in [6, 6.07) is -2.10. The maximum Gasteiger partial charge on any atom is 0.442 e. The highest BCUT2D eigenvalue weighted by Crippen LogP contribution is 2.44. The van der Waals surface area contributed by atoms with Crippen molar-refractivity contribution in [3.8, 4) is 0 Å². The van der Waals surface area contributed by atoms with Crippen LogP contribution < -0.4 is 11.1 Å². The molecular formula is C18H22F3N7O6S3. The second kappa shape index (κ2) is 11.9. The molecule has 2 aliphatic rings. The van der Waals surface area contributed by atoms with Crippen LogP contribution in [0.25, 0.3) is 0 Å². The second-order valence-corrected chi connectivity index (χ2v) is 11.2. The number of nitrogens with one attached hydrogen (secondary N) is 2. The molecule has 5 atom stereocenters. The molecule has 4 N–H and O–H groups in total. The van der Waals surface area contributed by atoms with E-state index in [-0.39, 0.29) is 16.6 Å². The first-order chi connectivity index (χ1) is 17.3. The van der Waals surface area contributed by atoms with E-state index in [1.807, 2.05) is 0 Å². The quantitative estimate of drug-likeness (QED) is 0.148. The van der Waals surface area contributed by atoms with Crippen molar-refractivity contribution in [1.29, 1.82) is 0 Å². The number of aromatic nitrogens is 4. The van der Waals surface area contributed by atoms with Crippen molar-refractivity contribution in [3.63, 3.8) is 0 Å². The number of β-lactam (4-membered cyclic amide) rings is 1. The highest BCUT2D eigenvalue weighted by atomic mass is 32.2. The Bertz CT molecular complexity index is 1070. The lowest BCUT2D eigenvalue weighted by Crippen LogP contribution is -2.71. The van der Waals surface area contributed by atoms with Crippen molar-refractivity contribution in [2.24, 2.45) is 5.73 Å². The Balaban J connectivity index is 1.80. The van der Waals surface area contributed by atoms with Gasteiger partial charge in [-0.2, -0.15) is 18.4 Å². The summed E-state index contributed by atoms with van der Waals surface area (Å²) < 4.78 is 47.4. The number of thioether (sulfide) groups is 3. The molecule has 0 saturated carbocycles. The molecule has 204 valence electrons. The molecule has 0 radical (unpaired) electrons. The van der Waals surface area contributed by atoms with Crippen molar-refractivity contribution >= 4 is 59.0 Å². The van der Waals surface area contributed by atoms with Crippen molar-refractivity contribution in [2.45, 2.75) is 60.4 Å². The number of hydrogen-bond donors (Lipinski definition) is 3. The molecule has 0 aromatic carbocycles. The Morgan fingerprint density at radius 3 is 2.59 bits per heavy atom. The minimum atomic E-state index is -4.60. The monoisotopic (exact) mass is 585 g/mol. The zero-order chi connectivity index (χ0) is 27.5. The number of carbonyl (C=O) groups is 4. The van der Waals surface area contributed by atoms with E-state index in [1.165, 1.54) is 25.6 Å². The predicted molar refractivity (Wildman–Crippen MR) is 125 cm³/mol. The summed E-state index contributed by atoms with van der Waals surface area (Å²) in [4.78, 5) is 51.0. The van der Waals surface area contributed by atoms with Gasteiger partial charge in [0.1, 0.15) is 23.2 Å². The van der Waals surface area contributed by atoms with Gasteiger partial charge in [-0.1, -0.05) is 11.8 Å². The molecule has 3 rings (SSSR count). The smallest absolute Gasteiger partial charge is 0.424 e. The molecule has 3 heterocycles. The van der Waals surface area contributed by atoms with Gasteiger partial charge in [-0.15, -0.1) is 22.0 Å². The molecule has 2 aliphatic heterocycles. The first-order valence-corrected chi connectivity index (χ1v) is 13.4. The van der Waals surface area contributed by atoms with Crippen LogP contribution in [0.3, 0.4) is 0 Å². The van der Waals surface area contributed by atoms with Crippen LogP contribution in [-0.4, -0.2) is 95.3 Å². The van der Waals surface area contributed by atoms with Gasteiger partial charge in [0, 0.05) is 17.9 Å². The first kappa shape index (κ1) is 29.1. The Labute approximate surface area is 220 Å². The number of aromatic amines is 1. The summed E-state index contributed by atoms with van der Waals surface area (Å²) in [7, 11) is 0. The van der Waals surface area contributed by atoms with Crippen LogP contribution in [0, 0.1) is 0 Å². The lowest BCUT2D eigenvalue weighted by Gasteiger charge is -2.50. The van der Waals surface area contributed by atoms with Gasteiger partial charge in [-0.05, 0) is 36.4 Å². The number of nitrogens with two attached hydrogens (primary N) is 1. The molecule has 1 fully saturated rings. The normalized spacial score (nSPS) is 21.9. The van der Waals surface area contributed by atoms with Crippen LogP contribution in [0.15, 0.2) is 16.4 Å². The van der Waals surface area contributed by atoms with Crippen molar-refractivity contribution in [1.82, 2.24) is 30.8 Å². The van der Waals surface area contributed by atoms with E-state index in [2.05, 4.69) is 25.9 Å². The lowest BCUT2D eigenvalue weighted by molar-refractivity contribution is -0.184. The first-order valence-electron chi connectivity index (χ1n) is 10.5. The third-order valence-corrected chi connectivity index (χ3v) is 7.96. The highest BCUT2D eigenvalue weighted by Gasteiger charge is 2.55. The van der Waals surface area contributed by atoms with Gasteiger partial charge in [-0.25, -0.2) is 4.79 Å². The lowest BCUT2D eigenvalue weighted by atomic mass is 10.0. The predicted octanol–water partition coefficient (Wildman–Crippen LogP) is 0.367. The molecule has 0 aliphatic carbocycles. The number of halogens is 3. The van der Waals surface area contributed by atoms with E-state index in [0.29, 0.717) is 5.57 Å². The summed E-state index contributed by atoms with van der Waals surface area (Å²) in [6.07, 6.45) is -1.33. The fourth-order valence-electron chi connectivity index (χ4n) is 3.24. The number of alkyl halides is 3. The molecule has 1 aromatic rings. The fraction of sp³-hybridized carbons (Fsp3) is 0.611.